The van der Waals surface area contributed by atoms with E-state index in [1.807, 2.05) is 17.5 Å². The van der Waals surface area contributed by atoms with Crippen LogP contribution in [0.3, 0.4) is 0 Å². The van der Waals surface area contributed by atoms with Crippen LogP contribution < -0.4 is 0 Å². The van der Waals surface area contributed by atoms with E-state index in [1.54, 1.807) is 41.3 Å². The summed E-state index contributed by atoms with van der Waals surface area (Å²) in [5.41, 5.74) is 0.778. The average Bonchev–Trinajstić information content (AvgIpc) is 3.57. The van der Waals surface area contributed by atoms with Gasteiger partial charge in [-0.15, -0.1) is 11.3 Å². The van der Waals surface area contributed by atoms with Crippen LogP contribution in [0.25, 0.3) is 0 Å². The second kappa shape index (κ2) is 12.4. The Kier molecular flexibility index (Phi) is 9.30. The lowest BCUT2D eigenvalue weighted by Gasteiger charge is -2.28. The molecule has 1 aliphatic rings. The Morgan fingerprint density at radius 3 is 2.33 bits per heavy atom. The standard InChI is InChI=1S/C26H29BrFN3O3S2/c27-22-7-11-25(12-8-22)36(33,34)31(16-15-29-13-1-2-14-29)20-26(32)30(19-24-4-3-17-35-24)18-21-5-9-23(28)10-6-21/h3-12,17H,1-2,13-16,18-20H2. The maximum Gasteiger partial charge on any atom is 0.243 e. The SMILES string of the molecule is O=C(CN(CCN1CCCC1)S(=O)(=O)c1ccc(Br)cc1)N(Cc1ccc(F)cc1)Cc1cccs1. The number of likely N-dealkylation sites (tertiary alicyclic amines) is 1. The highest BCUT2D eigenvalue weighted by Gasteiger charge is 2.29. The molecular weight excluding hydrogens is 565 g/mol. The van der Waals surface area contributed by atoms with Crippen LogP contribution in [-0.4, -0.2) is 61.2 Å². The normalized spacial score (nSPS) is 14.4. The molecule has 1 amide bonds. The summed E-state index contributed by atoms with van der Waals surface area (Å²) in [7, 11) is -3.89. The highest BCUT2D eigenvalue weighted by Crippen LogP contribution is 2.21. The molecule has 6 nitrogen and oxygen atoms in total. The summed E-state index contributed by atoms with van der Waals surface area (Å²) in [5, 5.41) is 1.94. The number of rotatable bonds is 11. The van der Waals surface area contributed by atoms with Crippen molar-refractivity contribution in [1.29, 1.82) is 0 Å². The van der Waals surface area contributed by atoms with Crippen molar-refractivity contribution in [3.63, 3.8) is 0 Å². The first-order valence-electron chi connectivity index (χ1n) is 11.8. The summed E-state index contributed by atoms with van der Waals surface area (Å²) < 4.78 is 42.7. The highest BCUT2D eigenvalue weighted by molar-refractivity contribution is 9.10. The summed E-state index contributed by atoms with van der Waals surface area (Å²) in [6.07, 6.45) is 2.20. The fraction of sp³-hybridized carbons (Fsp3) is 0.346. The van der Waals surface area contributed by atoms with Gasteiger partial charge in [-0.1, -0.05) is 34.1 Å². The molecule has 0 bridgehead atoms. The monoisotopic (exact) mass is 593 g/mol. The molecule has 0 atom stereocenters. The highest BCUT2D eigenvalue weighted by atomic mass is 79.9. The molecule has 10 heteroatoms. The molecule has 0 saturated carbocycles. The third-order valence-electron chi connectivity index (χ3n) is 6.19. The smallest absolute Gasteiger partial charge is 0.243 e. The zero-order chi connectivity index (χ0) is 25.5. The van der Waals surface area contributed by atoms with E-state index in [0.29, 0.717) is 13.1 Å². The first kappa shape index (κ1) is 26.9. The maximum atomic E-state index is 13.6. The third kappa shape index (κ3) is 7.23. The molecule has 0 unspecified atom stereocenters. The van der Waals surface area contributed by atoms with Gasteiger partial charge in [0.15, 0.2) is 0 Å². The Labute approximate surface area is 224 Å². The lowest BCUT2D eigenvalue weighted by atomic mass is 10.2. The van der Waals surface area contributed by atoms with Crippen LogP contribution in [0.4, 0.5) is 4.39 Å². The topological polar surface area (TPSA) is 60.9 Å². The van der Waals surface area contributed by atoms with Crippen LogP contribution in [0.15, 0.2) is 75.4 Å². The number of benzene rings is 2. The van der Waals surface area contributed by atoms with Crippen LogP contribution in [0.1, 0.15) is 23.3 Å². The van der Waals surface area contributed by atoms with E-state index in [9.17, 15) is 17.6 Å². The number of hydrogen-bond donors (Lipinski definition) is 0. The minimum absolute atomic E-state index is 0.156. The second-order valence-corrected chi connectivity index (χ2v) is 12.7. The van der Waals surface area contributed by atoms with E-state index >= 15 is 0 Å². The minimum atomic E-state index is -3.89. The van der Waals surface area contributed by atoms with E-state index in [1.165, 1.54) is 27.8 Å². The number of sulfonamides is 1. The molecule has 36 heavy (non-hydrogen) atoms. The van der Waals surface area contributed by atoms with Crippen molar-refractivity contribution in [3.05, 3.63) is 86.8 Å². The first-order chi connectivity index (χ1) is 17.3. The van der Waals surface area contributed by atoms with Crippen LogP contribution >= 0.6 is 27.3 Å². The number of carbonyl (C=O) groups is 1. The number of amides is 1. The number of thiophene rings is 1. The summed E-state index contributed by atoms with van der Waals surface area (Å²) in [6, 6.07) is 16.4. The molecule has 0 N–H and O–H groups in total. The fourth-order valence-electron chi connectivity index (χ4n) is 4.18. The van der Waals surface area contributed by atoms with Gasteiger partial charge in [0, 0.05) is 29.0 Å². The van der Waals surface area contributed by atoms with Gasteiger partial charge in [-0.05, 0) is 79.3 Å². The maximum absolute atomic E-state index is 13.6. The molecule has 2 aromatic carbocycles. The van der Waals surface area contributed by atoms with Crippen molar-refractivity contribution in [2.75, 3.05) is 32.7 Å². The van der Waals surface area contributed by atoms with Gasteiger partial charge in [-0.3, -0.25) is 4.79 Å². The Balaban J connectivity index is 1.57. The molecule has 3 aromatic rings. The summed E-state index contributed by atoms with van der Waals surface area (Å²) in [4.78, 5) is 18.6. The van der Waals surface area contributed by atoms with Crippen molar-refractivity contribution >= 4 is 43.2 Å². The van der Waals surface area contributed by atoms with Gasteiger partial charge in [0.1, 0.15) is 5.82 Å². The molecule has 1 aliphatic heterocycles. The second-order valence-electron chi connectivity index (χ2n) is 8.80. The van der Waals surface area contributed by atoms with Crippen molar-refractivity contribution < 1.29 is 17.6 Å². The third-order valence-corrected chi connectivity index (χ3v) is 9.44. The summed E-state index contributed by atoms with van der Waals surface area (Å²) in [5.74, 6) is -0.640. The average molecular weight is 595 g/mol. The van der Waals surface area contributed by atoms with E-state index in [0.717, 1.165) is 40.8 Å². The quantitative estimate of drug-likeness (QED) is 0.315. The molecule has 0 aliphatic carbocycles. The van der Waals surface area contributed by atoms with E-state index < -0.39 is 10.0 Å². The Hall–Kier alpha value is -2.11. The van der Waals surface area contributed by atoms with E-state index in [-0.39, 0.29) is 36.3 Å². The van der Waals surface area contributed by atoms with Gasteiger partial charge in [-0.25, -0.2) is 12.8 Å². The molecule has 4 rings (SSSR count). The van der Waals surface area contributed by atoms with E-state index in [2.05, 4.69) is 20.8 Å². The summed E-state index contributed by atoms with van der Waals surface area (Å²) in [6.45, 7) is 3.03. The first-order valence-corrected chi connectivity index (χ1v) is 15.0. The molecular formula is C26H29BrFN3O3S2. The Morgan fingerprint density at radius 1 is 1.00 bits per heavy atom. The van der Waals surface area contributed by atoms with Crippen LogP contribution in [0.5, 0.6) is 0 Å². The molecule has 0 radical (unpaired) electrons. The largest absolute Gasteiger partial charge is 0.332 e. The van der Waals surface area contributed by atoms with Crippen LogP contribution in [0.2, 0.25) is 0 Å². The van der Waals surface area contributed by atoms with Crippen molar-refractivity contribution in [3.8, 4) is 0 Å². The van der Waals surface area contributed by atoms with Crippen LogP contribution in [0, 0.1) is 5.82 Å². The molecule has 0 spiro atoms. The lowest BCUT2D eigenvalue weighted by Crippen LogP contribution is -2.45. The van der Waals surface area contributed by atoms with Gasteiger partial charge in [0.25, 0.3) is 0 Å². The van der Waals surface area contributed by atoms with E-state index in [4.69, 9.17) is 0 Å². The number of halogens is 2. The number of nitrogens with zero attached hydrogens (tertiary/aromatic N) is 3. The fourth-order valence-corrected chi connectivity index (χ4v) is 6.55. The van der Waals surface area contributed by atoms with Crippen molar-refractivity contribution in [2.45, 2.75) is 30.8 Å². The minimum Gasteiger partial charge on any atom is -0.332 e. The summed E-state index contributed by atoms with van der Waals surface area (Å²) >= 11 is 4.88. The Bertz CT molecular complexity index is 1230. The number of carbonyl (C=O) groups excluding carboxylic acids is 1. The predicted molar refractivity (Wildman–Crippen MR) is 144 cm³/mol. The molecule has 1 aromatic heterocycles. The zero-order valence-corrected chi connectivity index (χ0v) is 23.1. The van der Waals surface area contributed by atoms with Gasteiger partial charge < -0.3 is 9.80 Å². The zero-order valence-electron chi connectivity index (χ0n) is 19.9. The molecule has 2 heterocycles. The number of hydrogen-bond acceptors (Lipinski definition) is 5. The lowest BCUT2D eigenvalue weighted by molar-refractivity contribution is -0.132. The predicted octanol–water partition coefficient (Wildman–Crippen LogP) is 4.97. The Morgan fingerprint density at radius 2 is 1.69 bits per heavy atom. The van der Waals surface area contributed by atoms with Crippen molar-refractivity contribution in [2.24, 2.45) is 0 Å². The van der Waals surface area contributed by atoms with Gasteiger partial charge in [-0.2, -0.15) is 4.31 Å². The molecule has 1 fully saturated rings. The molecule has 192 valence electrons. The van der Waals surface area contributed by atoms with Gasteiger partial charge in [0.2, 0.25) is 15.9 Å². The van der Waals surface area contributed by atoms with Crippen molar-refractivity contribution in [1.82, 2.24) is 14.1 Å². The molecule has 1 saturated heterocycles. The van der Waals surface area contributed by atoms with Gasteiger partial charge >= 0.3 is 0 Å². The van der Waals surface area contributed by atoms with Gasteiger partial charge in [0.05, 0.1) is 18.0 Å². The van der Waals surface area contributed by atoms with Crippen LogP contribution in [-0.2, 0) is 27.9 Å².